The molecule has 1 aromatic heterocycles. The molecule has 1 N–H and O–H groups in total. The normalized spacial score (nSPS) is 14.5. The van der Waals surface area contributed by atoms with E-state index in [4.69, 9.17) is 9.72 Å². The molecule has 0 radical (unpaired) electrons. The Labute approximate surface area is 128 Å². The fourth-order valence-electron chi connectivity index (χ4n) is 2.36. The maximum Gasteiger partial charge on any atom is 0.158 e. The first kappa shape index (κ1) is 16.0. The highest BCUT2D eigenvalue weighted by molar-refractivity contribution is 5.51. The number of aromatic nitrogens is 2. The summed E-state index contributed by atoms with van der Waals surface area (Å²) in [7, 11) is 1.68. The molecule has 118 valence electrons. The van der Waals surface area contributed by atoms with Crippen molar-refractivity contribution in [2.75, 3.05) is 30.4 Å². The molecule has 0 bridgehead atoms. The van der Waals surface area contributed by atoms with Crippen LogP contribution in [0.25, 0.3) is 0 Å². The maximum absolute atomic E-state index is 5.20. The maximum atomic E-state index is 5.20. The Kier molecular flexibility index (Phi) is 5.79. The van der Waals surface area contributed by atoms with Crippen molar-refractivity contribution in [3.63, 3.8) is 0 Å². The zero-order chi connectivity index (χ0) is 15.2. The molecule has 0 aliphatic heterocycles. The smallest absolute Gasteiger partial charge is 0.158 e. The Morgan fingerprint density at radius 1 is 1.38 bits per heavy atom. The Balaban J connectivity index is 2.20. The van der Waals surface area contributed by atoms with E-state index >= 15 is 0 Å². The Morgan fingerprint density at radius 2 is 2.14 bits per heavy atom. The molecular formula is C16H28N4O. The Bertz CT molecular complexity index is 422. The van der Waals surface area contributed by atoms with Crippen LogP contribution < -0.4 is 10.2 Å². The van der Waals surface area contributed by atoms with E-state index in [1.165, 1.54) is 19.3 Å². The van der Waals surface area contributed by atoms with Gasteiger partial charge < -0.3 is 15.0 Å². The molecule has 0 amide bonds. The molecule has 5 heteroatoms. The molecule has 0 atom stereocenters. The van der Waals surface area contributed by atoms with Gasteiger partial charge in [-0.15, -0.1) is 0 Å². The molecule has 1 heterocycles. The lowest BCUT2D eigenvalue weighted by Crippen LogP contribution is -2.29. The summed E-state index contributed by atoms with van der Waals surface area (Å²) < 4.78 is 5.20. The summed E-state index contributed by atoms with van der Waals surface area (Å²) in [5.74, 6) is 3.39. The molecule has 1 aliphatic rings. The van der Waals surface area contributed by atoms with Crippen LogP contribution >= 0.6 is 0 Å². The molecule has 5 nitrogen and oxygen atoms in total. The topological polar surface area (TPSA) is 50.3 Å². The van der Waals surface area contributed by atoms with Crippen LogP contribution in [-0.4, -0.2) is 36.2 Å². The minimum atomic E-state index is 0.453. The predicted molar refractivity (Wildman–Crippen MR) is 86.7 cm³/mol. The average molecular weight is 292 g/mol. The van der Waals surface area contributed by atoms with Crippen molar-refractivity contribution in [2.24, 2.45) is 5.92 Å². The zero-order valence-corrected chi connectivity index (χ0v) is 13.7. The van der Waals surface area contributed by atoms with Crippen LogP contribution in [0, 0.1) is 5.92 Å². The molecule has 0 saturated heterocycles. The summed E-state index contributed by atoms with van der Waals surface area (Å²) >= 11 is 0. The molecule has 1 saturated carbocycles. The highest BCUT2D eigenvalue weighted by Gasteiger charge is 2.30. The first-order chi connectivity index (χ1) is 10.1. The minimum Gasteiger partial charge on any atom is -0.377 e. The van der Waals surface area contributed by atoms with Gasteiger partial charge in [0.1, 0.15) is 18.2 Å². The monoisotopic (exact) mass is 292 g/mol. The number of rotatable bonds is 9. The molecule has 1 aliphatic carbocycles. The molecular weight excluding hydrogens is 264 g/mol. The number of ether oxygens (including phenoxy) is 1. The van der Waals surface area contributed by atoms with Gasteiger partial charge in [-0.1, -0.05) is 13.8 Å². The van der Waals surface area contributed by atoms with Gasteiger partial charge in [0.05, 0.1) is 0 Å². The van der Waals surface area contributed by atoms with E-state index in [1.54, 1.807) is 7.11 Å². The van der Waals surface area contributed by atoms with Crippen molar-refractivity contribution in [1.82, 2.24) is 9.97 Å². The van der Waals surface area contributed by atoms with E-state index in [0.717, 1.165) is 30.5 Å². The van der Waals surface area contributed by atoms with E-state index in [1.807, 2.05) is 0 Å². The second-order valence-electron chi connectivity index (χ2n) is 6.10. The number of hydrogen-bond acceptors (Lipinski definition) is 5. The van der Waals surface area contributed by atoms with Gasteiger partial charge in [0, 0.05) is 32.3 Å². The van der Waals surface area contributed by atoms with Gasteiger partial charge in [0.15, 0.2) is 5.82 Å². The highest BCUT2D eigenvalue weighted by atomic mass is 16.5. The number of methoxy groups -OCH3 is 1. The van der Waals surface area contributed by atoms with Crippen LogP contribution in [0.4, 0.5) is 11.6 Å². The third-order valence-electron chi connectivity index (χ3n) is 3.62. The summed E-state index contributed by atoms with van der Waals surface area (Å²) in [4.78, 5) is 11.6. The fourth-order valence-corrected chi connectivity index (χ4v) is 2.36. The zero-order valence-electron chi connectivity index (χ0n) is 13.7. The second-order valence-corrected chi connectivity index (χ2v) is 6.10. The van der Waals surface area contributed by atoms with Crippen LogP contribution in [-0.2, 0) is 11.3 Å². The average Bonchev–Trinajstić information content (AvgIpc) is 3.24. The van der Waals surface area contributed by atoms with Crippen LogP contribution in [0.5, 0.6) is 0 Å². The van der Waals surface area contributed by atoms with E-state index in [-0.39, 0.29) is 0 Å². The summed E-state index contributed by atoms with van der Waals surface area (Å²) in [6.07, 6.45) is 3.74. The van der Waals surface area contributed by atoms with Crippen LogP contribution in [0.15, 0.2) is 6.07 Å². The first-order valence-electron chi connectivity index (χ1n) is 8.01. The van der Waals surface area contributed by atoms with E-state index < -0.39 is 0 Å². The third-order valence-corrected chi connectivity index (χ3v) is 3.62. The first-order valence-corrected chi connectivity index (χ1v) is 8.01. The Morgan fingerprint density at radius 3 is 2.71 bits per heavy atom. The SMILES string of the molecule is CCNc1cc(N(CCC(C)C)C2CC2)nc(COC)n1. The standard InChI is InChI=1S/C16H28N4O/c1-5-17-14-10-16(19-15(18-14)11-21-4)20(13-6-7-13)9-8-12(2)3/h10,12-13H,5-9,11H2,1-4H3,(H,17,18,19). The predicted octanol–water partition coefficient (Wildman–Crippen LogP) is 3.07. The number of nitrogens with one attached hydrogen (secondary N) is 1. The van der Waals surface area contributed by atoms with Gasteiger partial charge in [-0.25, -0.2) is 9.97 Å². The quantitative estimate of drug-likeness (QED) is 0.758. The van der Waals surface area contributed by atoms with Gasteiger partial charge in [-0.05, 0) is 32.1 Å². The molecule has 1 aromatic rings. The van der Waals surface area contributed by atoms with Gasteiger partial charge in [-0.3, -0.25) is 0 Å². The molecule has 2 rings (SSSR count). The summed E-state index contributed by atoms with van der Waals surface area (Å²) in [5.41, 5.74) is 0. The van der Waals surface area contributed by atoms with Crippen molar-refractivity contribution >= 4 is 11.6 Å². The summed E-state index contributed by atoms with van der Waals surface area (Å²) in [6, 6.07) is 2.73. The highest BCUT2D eigenvalue weighted by Crippen LogP contribution is 2.32. The Hall–Kier alpha value is -1.36. The fraction of sp³-hybridized carbons (Fsp3) is 0.750. The van der Waals surface area contributed by atoms with Gasteiger partial charge in [0.25, 0.3) is 0 Å². The van der Waals surface area contributed by atoms with Crippen molar-refractivity contribution in [3.8, 4) is 0 Å². The largest absolute Gasteiger partial charge is 0.377 e. The third kappa shape index (κ3) is 4.84. The second kappa shape index (κ2) is 7.59. The van der Waals surface area contributed by atoms with Crippen molar-refractivity contribution in [2.45, 2.75) is 52.7 Å². The molecule has 0 unspecified atom stereocenters. The van der Waals surface area contributed by atoms with Crippen LogP contribution in [0.3, 0.4) is 0 Å². The van der Waals surface area contributed by atoms with Crippen molar-refractivity contribution in [1.29, 1.82) is 0 Å². The lowest BCUT2D eigenvalue weighted by atomic mass is 10.1. The van der Waals surface area contributed by atoms with Crippen LogP contribution in [0.1, 0.15) is 45.9 Å². The molecule has 0 spiro atoms. The lowest BCUT2D eigenvalue weighted by molar-refractivity contribution is 0.178. The van der Waals surface area contributed by atoms with Gasteiger partial charge in [-0.2, -0.15) is 0 Å². The minimum absolute atomic E-state index is 0.453. The van der Waals surface area contributed by atoms with E-state index in [0.29, 0.717) is 18.6 Å². The molecule has 21 heavy (non-hydrogen) atoms. The number of anilines is 2. The van der Waals surface area contributed by atoms with E-state index in [2.05, 4.69) is 42.0 Å². The molecule has 1 fully saturated rings. The van der Waals surface area contributed by atoms with Crippen LogP contribution in [0.2, 0.25) is 0 Å². The number of hydrogen-bond donors (Lipinski definition) is 1. The molecule has 0 aromatic carbocycles. The number of nitrogens with zero attached hydrogens (tertiary/aromatic N) is 3. The van der Waals surface area contributed by atoms with Gasteiger partial charge in [0.2, 0.25) is 0 Å². The van der Waals surface area contributed by atoms with Crippen molar-refractivity contribution < 1.29 is 4.74 Å². The summed E-state index contributed by atoms with van der Waals surface area (Å²) in [6.45, 7) is 9.00. The summed E-state index contributed by atoms with van der Waals surface area (Å²) in [5, 5.41) is 3.29. The van der Waals surface area contributed by atoms with Crippen molar-refractivity contribution in [3.05, 3.63) is 11.9 Å². The lowest BCUT2D eigenvalue weighted by Gasteiger charge is -2.25. The van der Waals surface area contributed by atoms with E-state index in [9.17, 15) is 0 Å². The van der Waals surface area contributed by atoms with Gasteiger partial charge >= 0.3 is 0 Å².